The Hall–Kier alpha value is -2.14. The van der Waals surface area contributed by atoms with Crippen LogP contribution in [0.1, 0.15) is 11.1 Å². The molecule has 2 rings (SSSR count). The van der Waals surface area contributed by atoms with E-state index in [9.17, 15) is 9.18 Å². The lowest BCUT2D eigenvalue weighted by molar-refractivity contribution is 0.206. The number of aromatic nitrogens is 1. The number of hydrogen-bond acceptors (Lipinski definition) is 2. The zero-order valence-electron chi connectivity index (χ0n) is 11.5. The van der Waals surface area contributed by atoms with Crippen molar-refractivity contribution in [1.82, 2.24) is 15.2 Å². The summed E-state index contributed by atoms with van der Waals surface area (Å²) >= 11 is 5.94. The minimum atomic E-state index is -0.422. The molecule has 0 spiro atoms. The second-order valence-corrected chi connectivity index (χ2v) is 4.98. The fourth-order valence-corrected chi connectivity index (χ4v) is 2.03. The number of carbonyl (C=O) groups excluding carboxylic acids is 1. The molecule has 0 radical (unpaired) electrons. The number of halogens is 2. The summed E-state index contributed by atoms with van der Waals surface area (Å²) in [6, 6.07) is 7.80. The Kier molecular flexibility index (Phi) is 5.11. The molecule has 0 saturated heterocycles. The molecule has 0 unspecified atom stereocenters. The Morgan fingerprint density at radius 1 is 1.38 bits per heavy atom. The zero-order valence-corrected chi connectivity index (χ0v) is 12.3. The first-order chi connectivity index (χ1) is 10.1. The van der Waals surface area contributed by atoms with Gasteiger partial charge < -0.3 is 10.2 Å². The van der Waals surface area contributed by atoms with E-state index < -0.39 is 5.82 Å². The molecular weight excluding hydrogens is 293 g/mol. The summed E-state index contributed by atoms with van der Waals surface area (Å²) in [5, 5.41) is 3.05. The van der Waals surface area contributed by atoms with E-state index in [2.05, 4.69) is 10.3 Å². The second-order valence-electron chi connectivity index (χ2n) is 4.58. The van der Waals surface area contributed by atoms with Crippen LogP contribution in [0.4, 0.5) is 9.18 Å². The first kappa shape index (κ1) is 15.3. The lowest BCUT2D eigenvalue weighted by Gasteiger charge is -2.19. The molecule has 0 bridgehead atoms. The fourth-order valence-electron chi connectivity index (χ4n) is 1.81. The van der Waals surface area contributed by atoms with E-state index >= 15 is 0 Å². The third-order valence-corrected chi connectivity index (χ3v) is 3.32. The van der Waals surface area contributed by atoms with Gasteiger partial charge in [0.05, 0.1) is 6.54 Å². The van der Waals surface area contributed by atoms with Gasteiger partial charge in [0.1, 0.15) is 5.82 Å². The molecule has 0 aliphatic carbocycles. The van der Waals surface area contributed by atoms with Gasteiger partial charge in [-0.2, -0.15) is 0 Å². The van der Waals surface area contributed by atoms with Crippen molar-refractivity contribution >= 4 is 17.6 Å². The van der Waals surface area contributed by atoms with Gasteiger partial charge in [-0.3, -0.25) is 4.98 Å². The van der Waals surface area contributed by atoms with Crippen molar-refractivity contribution in [3.63, 3.8) is 0 Å². The monoisotopic (exact) mass is 307 g/mol. The Morgan fingerprint density at radius 3 is 2.86 bits per heavy atom. The van der Waals surface area contributed by atoms with Crippen molar-refractivity contribution in [1.29, 1.82) is 0 Å². The van der Waals surface area contributed by atoms with Crippen LogP contribution in [-0.2, 0) is 13.1 Å². The lowest BCUT2D eigenvalue weighted by Crippen LogP contribution is -2.36. The van der Waals surface area contributed by atoms with E-state index in [1.165, 1.54) is 17.0 Å². The van der Waals surface area contributed by atoms with Crippen LogP contribution >= 0.6 is 11.6 Å². The molecule has 0 fully saturated rings. The van der Waals surface area contributed by atoms with Crippen LogP contribution in [0.15, 0.2) is 42.7 Å². The molecule has 110 valence electrons. The average molecular weight is 308 g/mol. The molecule has 1 heterocycles. The van der Waals surface area contributed by atoms with Crippen LogP contribution < -0.4 is 5.32 Å². The molecule has 1 N–H and O–H groups in total. The summed E-state index contributed by atoms with van der Waals surface area (Å²) in [6.45, 7) is 0.465. The van der Waals surface area contributed by atoms with Crippen LogP contribution in [0.3, 0.4) is 0 Å². The molecule has 4 nitrogen and oxygen atoms in total. The summed E-state index contributed by atoms with van der Waals surface area (Å²) in [7, 11) is 1.58. The summed E-state index contributed by atoms with van der Waals surface area (Å²) in [5.74, 6) is -0.422. The molecule has 21 heavy (non-hydrogen) atoms. The van der Waals surface area contributed by atoms with Crippen molar-refractivity contribution in [2.24, 2.45) is 0 Å². The van der Waals surface area contributed by atoms with Crippen LogP contribution in [-0.4, -0.2) is 23.0 Å². The van der Waals surface area contributed by atoms with Crippen molar-refractivity contribution in [3.05, 3.63) is 64.7 Å². The van der Waals surface area contributed by atoms with E-state index in [-0.39, 0.29) is 12.6 Å². The van der Waals surface area contributed by atoms with Crippen molar-refractivity contribution < 1.29 is 9.18 Å². The van der Waals surface area contributed by atoms with Gasteiger partial charge in [-0.05, 0) is 23.8 Å². The first-order valence-corrected chi connectivity index (χ1v) is 6.76. The van der Waals surface area contributed by atoms with E-state index in [0.29, 0.717) is 17.1 Å². The average Bonchev–Trinajstić information content (AvgIpc) is 2.49. The van der Waals surface area contributed by atoms with Gasteiger partial charge in [0.15, 0.2) is 0 Å². The Balaban J connectivity index is 1.94. The summed E-state index contributed by atoms with van der Waals surface area (Å²) in [5.41, 5.74) is 1.20. The Labute approximate surface area is 127 Å². The lowest BCUT2D eigenvalue weighted by atomic mass is 10.2. The zero-order chi connectivity index (χ0) is 15.2. The standard InChI is InChI=1S/C15H15ClFN3O/c1-20(10-12-13(16)5-2-6-14(12)17)15(21)19-9-11-4-3-7-18-8-11/h2-8H,9-10H2,1H3,(H,19,21). The van der Waals surface area contributed by atoms with Crippen molar-refractivity contribution in [2.75, 3.05) is 7.05 Å². The van der Waals surface area contributed by atoms with E-state index in [1.54, 1.807) is 31.6 Å². The summed E-state index contributed by atoms with van der Waals surface area (Å²) < 4.78 is 13.7. The second kappa shape index (κ2) is 7.04. The highest BCUT2D eigenvalue weighted by molar-refractivity contribution is 6.31. The number of nitrogens with one attached hydrogen (secondary N) is 1. The van der Waals surface area contributed by atoms with Crippen LogP contribution in [0.25, 0.3) is 0 Å². The number of hydrogen-bond donors (Lipinski definition) is 1. The number of benzene rings is 1. The van der Waals surface area contributed by atoms with Gasteiger partial charge in [-0.15, -0.1) is 0 Å². The number of rotatable bonds is 4. The van der Waals surface area contributed by atoms with Crippen LogP contribution in [0, 0.1) is 5.82 Å². The Morgan fingerprint density at radius 2 is 2.19 bits per heavy atom. The van der Waals surface area contributed by atoms with Gasteiger partial charge in [-0.25, -0.2) is 9.18 Å². The van der Waals surface area contributed by atoms with Gasteiger partial charge in [0.2, 0.25) is 0 Å². The molecular formula is C15H15ClFN3O. The first-order valence-electron chi connectivity index (χ1n) is 6.38. The smallest absolute Gasteiger partial charge is 0.317 e. The highest BCUT2D eigenvalue weighted by Gasteiger charge is 2.13. The molecule has 0 aliphatic rings. The minimum absolute atomic E-state index is 0.102. The molecule has 2 aromatic rings. The van der Waals surface area contributed by atoms with E-state index in [4.69, 9.17) is 11.6 Å². The molecule has 6 heteroatoms. The number of pyridine rings is 1. The van der Waals surface area contributed by atoms with Crippen molar-refractivity contribution in [2.45, 2.75) is 13.1 Å². The minimum Gasteiger partial charge on any atom is -0.334 e. The maximum absolute atomic E-state index is 13.7. The molecule has 0 atom stereocenters. The number of urea groups is 1. The van der Waals surface area contributed by atoms with Crippen molar-refractivity contribution in [3.8, 4) is 0 Å². The predicted molar refractivity (Wildman–Crippen MR) is 79.3 cm³/mol. The SMILES string of the molecule is CN(Cc1c(F)cccc1Cl)C(=O)NCc1cccnc1. The third-order valence-electron chi connectivity index (χ3n) is 2.97. The fraction of sp³-hybridized carbons (Fsp3) is 0.200. The quantitative estimate of drug-likeness (QED) is 0.942. The van der Waals surface area contributed by atoms with E-state index in [1.807, 2.05) is 6.07 Å². The third kappa shape index (κ3) is 4.16. The highest BCUT2D eigenvalue weighted by Crippen LogP contribution is 2.20. The molecule has 0 saturated carbocycles. The highest BCUT2D eigenvalue weighted by atomic mass is 35.5. The molecule has 1 aromatic carbocycles. The maximum atomic E-state index is 13.7. The normalized spacial score (nSPS) is 10.2. The van der Waals surface area contributed by atoms with Gasteiger partial charge in [0, 0.05) is 36.6 Å². The summed E-state index contributed by atoms with van der Waals surface area (Å²) in [4.78, 5) is 17.3. The van der Waals surface area contributed by atoms with E-state index in [0.717, 1.165) is 5.56 Å². The number of nitrogens with zero attached hydrogens (tertiary/aromatic N) is 2. The predicted octanol–water partition coefficient (Wildman–Crippen LogP) is 3.22. The largest absolute Gasteiger partial charge is 0.334 e. The summed E-state index contributed by atoms with van der Waals surface area (Å²) in [6.07, 6.45) is 3.34. The molecule has 2 amide bonds. The van der Waals surface area contributed by atoms with Crippen LogP contribution in [0.2, 0.25) is 5.02 Å². The van der Waals surface area contributed by atoms with Crippen LogP contribution in [0.5, 0.6) is 0 Å². The maximum Gasteiger partial charge on any atom is 0.317 e. The molecule has 1 aromatic heterocycles. The Bertz CT molecular complexity index is 601. The van der Waals surface area contributed by atoms with Gasteiger partial charge >= 0.3 is 6.03 Å². The van der Waals surface area contributed by atoms with Gasteiger partial charge in [0.25, 0.3) is 0 Å². The number of amides is 2. The molecule has 0 aliphatic heterocycles. The van der Waals surface area contributed by atoms with Gasteiger partial charge in [-0.1, -0.05) is 23.7 Å². The topological polar surface area (TPSA) is 45.2 Å². The number of carbonyl (C=O) groups is 1.